The van der Waals surface area contributed by atoms with Crippen LogP contribution in [0.4, 0.5) is 0 Å². The quantitative estimate of drug-likeness (QED) is 0.491. The first-order chi connectivity index (χ1) is 8.20. The lowest BCUT2D eigenvalue weighted by atomic mass is 9.84. The van der Waals surface area contributed by atoms with Crippen molar-refractivity contribution in [2.75, 3.05) is 19.7 Å². The molecule has 0 aromatic heterocycles. The summed E-state index contributed by atoms with van der Waals surface area (Å²) < 4.78 is 5.66. The number of ether oxygens (including phenoxy) is 1. The van der Waals surface area contributed by atoms with Crippen LogP contribution in [0.3, 0.4) is 0 Å². The molecule has 0 amide bonds. The van der Waals surface area contributed by atoms with Gasteiger partial charge in [-0.3, -0.25) is 0 Å². The Morgan fingerprint density at radius 1 is 1.53 bits per heavy atom. The first-order valence-electron chi connectivity index (χ1n) is 7.16. The molecule has 100 valence electrons. The summed E-state index contributed by atoms with van der Waals surface area (Å²) in [6.07, 6.45) is 10.0. The predicted octanol–water partition coefficient (Wildman–Crippen LogP) is 3.53. The predicted molar refractivity (Wildman–Crippen MR) is 74.3 cm³/mol. The lowest BCUT2D eigenvalue weighted by molar-refractivity contribution is 0.0995. The summed E-state index contributed by atoms with van der Waals surface area (Å²) in [5, 5.41) is 3.50. The van der Waals surface area contributed by atoms with Crippen LogP contribution in [0.15, 0.2) is 12.7 Å². The SMILES string of the molecule is C=CC(C)(CCCC1CCCO1)CNCCC. The number of rotatable bonds is 9. The summed E-state index contributed by atoms with van der Waals surface area (Å²) in [6.45, 7) is 11.6. The molecule has 0 bridgehead atoms. The van der Waals surface area contributed by atoms with E-state index < -0.39 is 0 Å². The van der Waals surface area contributed by atoms with Gasteiger partial charge in [0, 0.05) is 13.2 Å². The van der Waals surface area contributed by atoms with E-state index in [0.717, 1.165) is 19.7 Å². The third-order valence-corrected chi connectivity index (χ3v) is 3.75. The Balaban J connectivity index is 2.17. The van der Waals surface area contributed by atoms with Gasteiger partial charge in [0.1, 0.15) is 0 Å². The van der Waals surface area contributed by atoms with Crippen LogP contribution in [0.1, 0.15) is 52.4 Å². The van der Waals surface area contributed by atoms with E-state index in [1.165, 1.54) is 38.5 Å². The largest absolute Gasteiger partial charge is 0.378 e. The standard InChI is InChI=1S/C15H29NO/c1-4-11-16-13-15(3,5-2)10-6-8-14-9-7-12-17-14/h5,14,16H,2,4,6-13H2,1,3H3. The Hall–Kier alpha value is -0.340. The maximum absolute atomic E-state index is 5.66. The van der Waals surface area contributed by atoms with Crippen LogP contribution in [-0.2, 0) is 4.74 Å². The molecule has 1 aliphatic heterocycles. The van der Waals surface area contributed by atoms with Gasteiger partial charge in [-0.15, -0.1) is 6.58 Å². The maximum atomic E-state index is 5.66. The van der Waals surface area contributed by atoms with Crippen molar-refractivity contribution in [3.8, 4) is 0 Å². The van der Waals surface area contributed by atoms with Gasteiger partial charge in [-0.25, -0.2) is 0 Å². The maximum Gasteiger partial charge on any atom is 0.0576 e. The van der Waals surface area contributed by atoms with Gasteiger partial charge in [-0.05, 0) is 50.5 Å². The first kappa shape index (κ1) is 14.7. The Labute approximate surface area is 107 Å². The molecule has 2 atom stereocenters. The van der Waals surface area contributed by atoms with Crippen molar-refractivity contribution in [2.24, 2.45) is 5.41 Å². The fraction of sp³-hybridized carbons (Fsp3) is 0.867. The van der Waals surface area contributed by atoms with Crippen molar-refractivity contribution in [3.63, 3.8) is 0 Å². The molecule has 1 saturated heterocycles. The Bertz CT molecular complexity index is 211. The molecule has 0 aromatic carbocycles. The van der Waals surface area contributed by atoms with E-state index >= 15 is 0 Å². The molecule has 1 fully saturated rings. The minimum absolute atomic E-state index is 0.244. The first-order valence-corrected chi connectivity index (χ1v) is 7.16. The highest BCUT2D eigenvalue weighted by atomic mass is 16.5. The summed E-state index contributed by atoms with van der Waals surface area (Å²) in [4.78, 5) is 0. The van der Waals surface area contributed by atoms with Crippen LogP contribution in [0.5, 0.6) is 0 Å². The molecule has 2 heteroatoms. The van der Waals surface area contributed by atoms with Gasteiger partial charge in [0.05, 0.1) is 6.10 Å². The molecule has 0 aliphatic carbocycles. The molecule has 0 radical (unpaired) electrons. The molecular weight excluding hydrogens is 210 g/mol. The molecule has 1 N–H and O–H groups in total. The second-order valence-electron chi connectivity index (χ2n) is 5.56. The van der Waals surface area contributed by atoms with Crippen molar-refractivity contribution < 1.29 is 4.74 Å². The van der Waals surface area contributed by atoms with Crippen molar-refractivity contribution in [3.05, 3.63) is 12.7 Å². The van der Waals surface area contributed by atoms with Crippen LogP contribution in [0.2, 0.25) is 0 Å². The zero-order valence-corrected chi connectivity index (χ0v) is 11.6. The summed E-state index contributed by atoms with van der Waals surface area (Å²) in [6, 6.07) is 0. The average Bonchev–Trinajstić information content (AvgIpc) is 2.82. The molecule has 0 saturated carbocycles. The Kier molecular flexibility index (Phi) is 6.83. The number of hydrogen-bond donors (Lipinski definition) is 1. The van der Waals surface area contributed by atoms with E-state index in [9.17, 15) is 0 Å². The van der Waals surface area contributed by atoms with Crippen molar-refractivity contribution in [1.82, 2.24) is 5.32 Å². The van der Waals surface area contributed by atoms with Crippen molar-refractivity contribution >= 4 is 0 Å². The van der Waals surface area contributed by atoms with Crippen molar-refractivity contribution in [1.29, 1.82) is 0 Å². The minimum atomic E-state index is 0.244. The van der Waals surface area contributed by atoms with E-state index in [1.54, 1.807) is 0 Å². The van der Waals surface area contributed by atoms with Gasteiger partial charge in [-0.2, -0.15) is 0 Å². The fourth-order valence-electron chi connectivity index (χ4n) is 2.42. The fourth-order valence-corrected chi connectivity index (χ4v) is 2.42. The van der Waals surface area contributed by atoms with E-state index in [4.69, 9.17) is 4.74 Å². The second kappa shape index (κ2) is 7.88. The molecule has 17 heavy (non-hydrogen) atoms. The second-order valence-corrected chi connectivity index (χ2v) is 5.56. The zero-order valence-electron chi connectivity index (χ0n) is 11.6. The molecule has 1 heterocycles. The third kappa shape index (κ3) is 5.69. The lowest BCUT2D eigenvalue weighted by Gasteiger charge is -2.26. The molecule has 2 nitrogen and oxygen atoms in total. The zero-order chi connectivity index (χ0) is 12.6. The van der Waals surface area contributed by atoms with E-state index in [0.29, 0.717) is 6.10 Å². The normalized spacial score (nSPS) is 23.5. The smallest absolute Gasteiger partial charge is 0.0576 e. The highest BCUT2D eigenvalue weighted by Crippen LogP contribution is 2.27. The van der Waals surface area contributed by atoms with Crippen LogP contribution < -0.4 is 5.32 Å². The molecule has 0 spiro atoms. The minimum Gasteiger partial charge on any atom is -0.378 e. The monoisotopic (exact) mass is 239 g/mol. The highest BCUT2D eigenvalue weighted by Gasteiger charge is 2.21. The van der Waals surface area contributed by atoms with Crippen molar-refractivity contribution in [2.45, 2.75) is 58.5 Å². The summed E-state index contributed by atoms with van der Waals surface area (Å²) in [5.41, 5.74) is 0.244. The van der Waals surface area contributed by atoms with Crippen LogP contribution >= 0.6 is 0 Å². The molecular formula is C15H29NO. The molecule has 2 unspecified atom stereocenters. The lowest BCUT2D eigenvalue weighted by Crippen LogP contribution is -2.30. The number of nitrogens with one attached hydrogen (secondary N) is 1. The molecule has 1 rings (SSSR count). The Morgan fingerprint density at radius 3 is 2.94 bits per heavy atom. The molecule has 0 aromatic rings. The van der Waals surface area contributed by atoms with Gasteiger partial charge in [0.2, 0.25) is 0 Å². The van der Waals surface area contributed by atoms with Gasteiger partial charge in [-0.1, -0.05) is 19.9 Å². The van der Waals surface area contributed by atoms with E-state index in [1.807, 2.05) is 0 Å². The van der Waals surface area contributed by atoms with E-state index in [2.05, 4.69) is 31.8 Å². The third-order valence-electron chi connectivity index (χ3n) is 3.75. The molecule has 1 aliphatic rings. The Morgan fingerprint density at radius 2 is 2.35 bits per heavy atom. The van der Waals surface area contributed by atoms with E-state index in [-0.39, 0.29) is 5.41 Å². The van der Waals surface area contributed by atoms with Gasteiger partial charge in [0.15, 0.2) is 0 Å². The topological polar surface area (TPSA) is 21.3 Å². The summed E-state index contributed by atoms with van der Waals surface area (Å²) in [7, 11) is 0. The number of hydrogen-bond acceptors (Lipinski definition) is 2. The van der Waals surface area contributed by atoms with Crippen LogP contribution in [0, 0.1) is 5.41 Å². The van der Waals surface area contributed by atoms with Crippen LogP contribution in [0.25, 0.3) is 0 Å². The highest BCUT2D eigenvalue weighted by molar-refractivity contribution is 4.93. The van der Waals surface area contributed by atoms with Gasteiger partial charge < -0.3 is 10.1 Å². The van der Waals surface area contributed by atoms with Gasteiger partial charge in [0.25, 0.3) is 0 Å². The average molecular weight is 239 g/mol. The van der Waals surface area contributed by atoms with Crippen LogP contribution in [-0.4, -0.2) is 25.8 Å². The summed E-state index contributed by atoms with van der Waals surface area (Å²) >= 11 is 0. The summed E-state index contributed by atoms with van der Waals surface area (Å²) in [5.74, 6) is 0. The van der Waals surface area contributed by atoms with Gasteiger partial charge >= 0.3 is 0 Å².